The molecule has 0 aromatic heterocycles. The first-order valence-electron chi connectivity index (χ1n) is 0.204. The van der Waals surface area contributed by atoms with Gasteiger partial charge in [-0.1, -0.05) is 0 Å². The molecular formula is C3H10OPY3-3. The van der Waals surface area contributed by atoms with Gasteiger partial charge in [-0.05, 0) is 0 Å². The Morgan fingerprint density at radius 2 is 0.625 bits per heavy atom. The Kier molecular flexibility index (Phi) is 630. The van der Waals surface area contributed by atoms with E-state index in [0.717, 1.165) is 0 Å². The Morgan fingerprint density at radius 3 is 0.625 bits per heavy atom. The van der Waals surface area contributed by atoms with Crippen LogP contribution in [0.2, 0.25) is 0 Å². The predicted octanol–water partition coefficient (Wildman–Crippen LogP) is 1.82. The zero-order valence-electron chi connectivity index (χ0n) is 5.64. The Balaban J connectivity index is -0.000000000333. The summed E-state index contributed by atoms with van der Waals surface area (Å²) in [5.41, 5.74) is 0. The van der Waals surface area contributed by atoms with Crippen LogP contribution in [0.25, 0.3) is 0 Å². The van der Waals surface area contributed by atoms with Gasteiger partial charge in [0.15, 0.2) is 0 Å². The van der Waals surface area contributed by atoms with Gasteiger partial charge in [-0.3, -0.25) is 4.57 Å². The summed E-state index contributed by atoms with van der Waals surface area (Å²) in [6.07, 6.45) is 0. The van der Waals surface area contributed by atoms with Crippen molar-refractivity contribution in [3.63, 3.8) is 0 Å². The van der Waals surface area contributed by atoms with Gasteiger partial charge < -0.3 is 22.3 Å². The first-order chi connectivity index (χ1) is 1.00. The smallest absolute Gasteiger partial charge is 0.138 e. The first kappa shape index (κ1) is 63.6. The van der Waals surface area contributed by atoms with Crippen LogP contribution in [0.1, 0.15) is 0 Å². The van der Waals surface area contributed by atoms with Crippen LogP contribution in [0.3, 0.4) is 0 Å². The summed E-state index contributed by atoms with van der Waals surface area (Å²) in [5, 5.41) is 0. The molecule has 0 saturated heterocycles. The van der Waals surface area contributed by atoms with Crippen LogP contribution in [0.15, 0.2) is 0 Å². The molecule has 0 heterocycles. The van der Waals surface area contributed by atoms with E-state index in [9.17, 15) is 0 Å². The van der Waals surface area contributed by atoms with E-state index < -0.39 is 0 Å². The molecule has 0 aromatic carbocycles. The molecule has 0 saturated carbocycles. The molecule has 45 valence electrons. The summed E-state index contributed by atoms with van der Waals surface area (Å²) in [7, 11) is 1.72. The van der Waals surface area contributed by atoms with Crippen molar-refractivity contribution in [2.45, 2.75) is 0 Å². The molecule has 3 radical (unpaired) electrons. The summed E-state index contributed by atoms with van der Waals surface area (Å²) in [6.45, 7) is 0. The Labute approximate surface area is 131 Å². The molecule has 0 atom stereocenters. The minimum absolute atomic E-state index is 0. The number of rotatable bonds is 0. The van der Waals surface area contributed by atoms with Crippen LogP contribution in [0, 0.1) is 22.3 Å². The number of hydrogen-bond acceptors (Lipinski definition) is 1. The van der Waals surface area contributed by atoms with Gasteiger partial charge in [0, 0.05) is 98.1 Å². The predicted molar refractivity (Wildman–Crippen MR) is 28.2 cm³/mol. The van der Waals surface area contributed by atoms with E-state index in [2.05, 4.69) is 0 Å². The molecule has 0 fully saturated rings. The van der Waals surface area contributed by atoms with E-state index in [1.807, 2.05) is 0 Å². The molecule has 0 aromatic rings. The van der Waals surface area contributed by atoms with Crippen LogP contribution in [-0.4, -0.2) is 0 Å². The fourth-order valence-corrected chi connectivity index (χ4v) is 0. The summed E-state index contributed by atoms with van der Waals surface area (Å²) >= 11 is 0. The van der Waals surface area contributed by atoms with E-state index in [-0.39, 0.29) is 120 Å². The van der Waals surface area contributed by atoms with Gasteiger partial charge in [-0.25, -0.2) is 0 Å². The van der Waals surface area contributed by atoms with Crippen molar-refractivity contribution in [1.29, 1.82) is 0 Å². The standard InChI is InChI=1S/3CH3.HOP.3Y/c;;;1-2;;;/h3*1H3;2H;;;/q3*-1;;;;. The maximum Gasteiger partial charge on any atom is 0.138 e. The fourth-order valence-electron chi connectivity index (χ4n) is 0. The van der Waals surface area contributed by atoms with Gasteiger partial charge in [-0.15, -0.1) is 0 Å². The molecule has 1 nitrogen and oxygen atoms in total. The van der Waals surface area contributed by atoms with Gasteiger partial charge in [-0.2, -0.15) is 0 Å². The minimum Gasteiger partial charge on any atom is -0.358 e. The second-order valence-corrected chi connectivity index (χ2v) is 0. The van der Waals surface area contributed by atoms with Crippen molar-refractivity contribution < 1.29 is 103 Å². The number of hydrogen-bond donors (Lipinski definition) is 0. The Hall–Kier alpha value is 3.41. The molecule has 5 heteroatoms. The van der Waals surface area contributed by atoms with E-state index in [1.165, 1.54) is 0 Å². The normalized spacial score (nSPS) is 0.500. The monoisotopic (exact) mass is 360 g/mol. The van der Waals surface area contributed by atoms with Crippen molar-refractivity contribution in [2.24, 2.45) is 0 Å². The van der Waals surface area contributed by atoms with E-state index in [0.29, 0.717) is 0 Å². The van der Waals surface area contributed by atoms with Crippen molar-refractivity contribution in [3.8, 4) is 0 Å². The third-order valence-corrected chi connectivity index (χ3v) is 0. The van der Waals surface area contributed by atoms with Gasteiger partial charge >= 0.3 is 0 Å². The molecule has 0 N–H and O–H groups in total. The van der Waals surface area contributed by atoms with Gasteiger partial charge in [0.05, 0.1) is 0 Å². The molecular weight excluding hydrogens is 350 g/mol. The molecule has 0 aliphatic carbocycles. The Bertz CT molecular complexity index is 14.5. The molecule has 0 spiro atoms. The van der Waals surface area contributed by atoms with Crippen molar-refractivity contribution in [3.05, 3.63) is 22.3 Å². The van der Waals surface area contributed by atoms with Gasteiger partial charge in [0.2, 0.25) is 0 Å². The fraction of sp³-hybridized carbons (Fsp3) is 0. The zero-order valence-corrected chi connectivity index (χ0v) is 15.2. The van der Waals surface area contributed by atoms with Crippen LogP contribution < -0.4 is 0 Å². The molecule has 0 aliphatic rings. The maximum absolute atomic E-state index is 8.06. The van der Waals surface area contributed by atoms with Gasteiger partial charge in [0.1, 0.15) is 9.12 Å². The third kappa shape index (κ3) is 57.2. The van der Waals surface area contributed by atoms with E-state index >= 15 is 0 Å². The second kappa shape index (κ2) is 79.2. The largest absolute Gasteiger partial charge is 0.358 e. The summed E-state index contributed by atoms with van der Waals surface area (Å²) in [5.74, 6) is 0. The van der Waals surface area contributed by atoms with Crippen LogP contribution in [0.4, 0.5) is 0 Å². The average molecular weight is 360 g/mol. The van der Waals surface area contributed by atoms with Gasteiger partial charge in [0.25, 0.3) is 0 Å². The molecule has 0 rings (SSSR count). The SMILES string of the molecule is O=P.[CH3-].[CH3-].[CH3-].[Y].[Y].[Y]. The van der Waals surface area contributed by atoms with Crippen LogP contribution in [0.5, 0.6) is 0 Å². The summed E-state index contributed by atoms with van der Waals surface area (Å²) in [4.78, 5) is 0. The zero-order chi connectivity index (χ0) is 2.00. The van der Waals surface area contributed by atoms with Crippen molar-refractivity contribution >= 4 is 9.12 Å². The quantitative estimate of drug-likeness (QED) is 0.476. The molecule has 8 heavy (non-hydrogen) atoms. The van der Waals surface area contributed by atoms with E-state index in [4.69, 9.17) is 4.57 Å². The van der Waals surface area contributed by atoms with Crippen molar-refractivity contribution in [2.75, 3.05) is 0 Å². The molecule has 0 amide bonds. The minimum atomic E-state index is 0. The van der Waals surface area contributed by atoms with Crippen molar-refractivity contribution in [1.82, 2.24) is 0 Å². The molecule has 0 unspecified atom stereocenters. The summed E-state index contributed by atoms with van der Waals surface area (Å²) in [6, 6.07) is 0. The topological polar surface area (TPSA) is 17.1 Å². The maximum atomic E-state index is 8.06. The van der Waals surface area contributed by atoms with E-state index in [1.54, 1.807) is 9.12 Å². The van der Waals surface area contributed by atoms with Crippen LogP contribution >= 0.6 is 9.12 Å². The Morgan fingerprint density at radius 1 is 0.625 bits per heavy atom. The average Bonchev–Trinajstić information content (AvgIpc) is 1.00. The third-order valence-electron chi connectivity index (χ3n) is 0. The molecule has 0 aliphatic heterocycles. The van der Waals surface area contributed by atoms with Crippen LogP contribution in [-0.2, 0) is 103 Å². The molecule has 0 bridgehead atoms. The second-order valence-electron chi connectivity index (χ2n) is 0. The first-order valence-corrected chi connectivity index (χ1v) is 0.612. The summed E-state index contributed by atoms with van der Waals surface area (Å²) < 4.78 is 8.06.